The number of para-hydroxylation sites is 1. The molecule has 0 unspecified atom stereocenters. The SMILES string of the molecule is CCCCc1c(Cl)c2ccccc2n(Cc2ccccc2)c1=O. The molecular formula is C20H20ClNO. The van der Waals surface area contributed by atoms with Gasteiger partial charge in [-0.1, -0.05) is 73.5 Å². The number of hydrogen-bond donors (Lipinski definition) is 0. The Hall–Kier alpha value is -2.06. The molecule has 1 heterocycles. The van der Waals surface area contributed by atoms with Gasteiger partial charge in [-0.2, -0.15) is 0 Å². The fourth-order valence-electron chi connectivity index (χ4n) is 2.92. The lowest BCUT2D eigenvalue weighted by Gasteiger charge is -2.15. The average molecular weight is 326 g/mol. The van der Waals surface area contributed by atoms with Crippen LogP contribution in [0.25, 0.3) is 10.9 Å². The Bertz CT molecular complexity index is 868. The number of hydrogen-bond acceptors (Lipinski definition) is 1. The van der Waals surface area contributed by atoms with Crippen molar-refractivity contribution in [1.29, 1.82) is 0 Å². The molecule has 0 fully saturated rings. The minimum atomic E-state index is 0.0333. The minimum Gasteiger partial charge on any atom is -0.304 e. The summed E-state index contributed by atoms with van der Waals surface area (Å²) in [6.07, 6.45) is 2.74. The maximum Gasteiger partial charge on any atom is 0.256 e. The van der Waals surface area contributed by atoms with Gasteiger partial charge in [0.25, 0.3) is 5.56 Å². The second-order valence-electron chi connectivity index (χ2n) is 5.79. The van der Waals surface area contributed by atoms with Crippen molar-refractivity contribution < 1.29 is 0 Å². The third-order valence-corrected chi connectivity index (χ3v) is 4.60. The number of fused-ring (bicyclic) bond motifs is 1. The summed E-state index contributed by atoms with van der Waals surface area (Å²) in [4.78, 5) is 13.0. The van der Waals surface area contributed by atoms with Crippen LogP contribution < -0.4 is 5.56 Å². The van der Waals surface area contributed by atoms with Crippen molar-refractivity contribution >= 4 is 22.5 Å². The highest BCUT2D eigenvalue weighted by atomic mass is 35.5. The molecule has 0 saturated carbocycles. The highest BCUT2D eigenvalue weighted by Gasteiger charge is 2.15. The van der Waals surface area contributed by atoms with Gasteiger partial charge in [0, 0.05) is 10.9 Å². The van der Waals surface area contributed by atoms with Crippen molar-refractivity contribution in [2.24, 2.45) is 0 Å². The first-order valence-electron chi connectivity index (χ1n) is 8.06. The Morgan fingerprint density at radius 1 is 1.00 bits per heavy atom. The molecule has 0 radical (unpaired) electrons. The summed E-state index contributed by atoms with van der Waals surface area (Å²) in [5, 5.41) is 1.57. The smallest absolute Gasteiger partial charge is 0.256 e. The Labute approximate surface area is 141 Å². The molecule has 0 atom stereocenters. The predicted octanol–water partition coefficient (Wildman–Crippen LogP) is 5.05. The lowest BCUT2D eigenvalue weighted by atomic mass is 10.1. The van der Waals surface area contributed by atoms with Gasteiger partial charge in [-0.05, 0) is 24.5 Å². The molecule has 0 aliphatic heterocycles. The number of rotatable bonds is 5. The normalized spacial score (nSPS) is 11.0. The molecule has 0 saturated heterocycles. The van der Waals surface area contributed by atoms with Crippen molar-refractivity contribution in [2.45, 2.75) is 32.7 Å². The molecule has 0 amide bonds. The Morgan fingerprint density at radius 3 is 2.43 bits per heavy atom. The van der Waals surface area contributed by atoms with E-state index in [0.29, 0.717) is 11.6 Å². The Morgan fingerprint density at radius 2 is 1.70 bits per heavy atom. The molecule has 3 heteroatoms. The number of nitrogens with zero attached hydrogens (tertiary/aromatic N) is 1. The standard InChI is InChI=1S/C20H20ClNO/c1-2-3-11-17-19(21)16-12-7-8-13-18(16)22(20(17)23)14-15-9-5-4-6-10-15/h4-10,12-13H,2-3,11,14H2,1H3. The zero-order valence-electron chi connectivity index (χ0n) is 13.3. The highest BCUT2D eigenvalue weighted by molar-refractivity contribution is 6.36. The molecule has 118 valence electrons. The summed E-state index contributed by atoms with van der Waals surface area (Å²) >= 11 is 6.54. The Kier molecular flexibility index (Phi) is 4.82. The van der Waals surface area contributed by atoms with Gasteiger partial charge in [-0.3, -0.25) is 4.79 Å². The summed E-state index contributed by atoms with van der Waals surface area (Å²) in [6, 6.07) is 17.9. The average Bonchev–Trinajstić information content (AvgIpc) is 2.59. The molecule has 0 N–H and O–H groups in total. The largest absolute Gasteiger partial charge is 0.304 e. The molecule has 2 nitrogen and oxygen atoms in total. The maximum atomic E-state index is 13.0. The van der Waals surface area contributed by atoms with Crippen LogP contribution in [0, 0.1) is 0 Å². The number of aromatic nitrogens is 1. The number of benzene rings is 2. The van der Waals surface area contributed by atoms with Crippen LogP contribution in [0.2, 0.25) is 5.02 Å². The van der Waals surface area contributed by atoms with Gasteiger partial charge in [0.2, 0.25) is 0 Å². The molecule has 0 aliphatic carbocycles. The van der Waals surface area contributed by atoms with Crippen LogP contribution in [-0.2, 0) is 13.0 Å². The van der Waals surface area contributed by atoms with E-state index >= 15 is 0 Å². The van der Waals surface area contributed by atoms with Crippen LogP contribution in [0.1, 0.15) is 30.9 Å². The number of halogens is 1. The summed E-state index contributed by atoms with van der Waals surface area (Å²) in [5.74, 6) is 0. The Balaban J connectivity index is 2.20. The van der Waals surface area contributed by atoms with Crippen molar-refractivity contribution in [3.8, 4) is 0 Å². The summed E-state index contributed by atoms with van der Waals surface area (Å²) in [5.41, 5.74) is 2.78. The van der Waals surface area contributed by atoms with Gasteiger partial charge < -0.3 is 4.57 Å². The highest BCUT2D eigenvalue weighted by Crippen LogP contribution is 2.26. The first-order valence-corrected chi connectivity index (χ1v) is 8.44. The molecule has 3 rings (SSSR count). The van der Waals surface area contributed by atoms with Crippen LogP contribution in [0.3, 0.4) is 0 Å². The quantitative estimate of drug-likeness (QED) is 0.643. The second-order valence-corrected chi connectivity index (χ2v) is 6.17. The second kappa shape index (κ2) is 7.01. The monoisotopic (exact) mass is 325 g/mol. The van der Waals surface area contributed by atoms with Gasteiger partial charge in [0.05, 0.1) is 17.1 Å². The van der Waals surface area contributed by atoms with E-state index < -0.39 is 0 Å². The first-order chi connectivity index (χ1) is 11.2. The van der Waals surface area contributed by atoms with Crippen molar-refractivity contribution in [3.05, 3.63) is 81.1 Å². The van der Waals surface area contributed by atoms with Crippen LogP contribution in [0.5, 0.6) is 0 Å². The van der Waals surface area contributed by atoms with Gasteiger partial charge >= 0.3 is 0 Å². The van der Waals surface area contributed by atoms with E-state index in [1.807, 2.05) is 59.2 Å². The van der Waals surface area contributed by atoms with Crippen molar-refractivity contribution in [3.63, 3.8) is 0 Å². The third kappa shape index (κ3) is 3.18. The van der Waals surface area contributed by atoms with Crippen molar-refractivity contribution in [2.75, 3.05) is 0 Å². The van der Waals surface area contributed by atoms with Gasteiger partial charge in [0.15, 0.2) is 0 Å². The molecule has 3 aromatic rings. The fraction of sp³-hybridized carbons (Fsp3) is 0.250. The lowest BCUT2D eigenvalue weighted by Crippen LogP contribution is -2.25. The number of unbranched alkanes of at least 4 members (excludes halogenated alkanes) is 1. The van der Waals surface area contributed by atoms with Crippen molar-refractivity contribution in [1.82, 2.24) is 4.57 Å². The molecule has 1 aromatic heterocycles. The summed E-state index contributed by atoms with van der Waals surface area (Å²) in [7, 11) is 0. The van der Waals surface area contributed by atoms with Crippen LogP contribution in [0.4, 0.5) is 0 Å². The zero-order chi connectivity index (χ0) is 16.2. The molecule has 0 spiro atoms. The van der Waals surface area contributed by atoms with Gasteiger partial charge in [-0.25, -0.2) is 0 Å². The third-order valence-electron chi connectivity index (χ3n) is 4.16. The molecule has 0 aliphatic rings. The van der Waals surface area contributed by atoms with E-state index in [0.717, 1.165) is 41.3 Å². The minimum absolute atomic E-state index is 0.0333. The maximum absolute atomic E-state index is 13.0. The molecule has 2 aromatic carbocycles. The van der Waals surface area contributed by atoms with E-state index in [1.165, 1.54) is 0 Å². The summed E-state index contributed by atoms with van der Waals surface area (Å²) in [6.45, 7) is 2.69. The number of pyridine rings is 1. The lowest BCUT2D eigenvalue weighted by molar-refractivity contribution is 0.745. The molecule has 23 heavy (non-hydrogen) atoms. The predicted molar refractivity (Wildman–Crippen MR) is 97.4 cm³/mol. The van der Waals surface area contributed by atoms with E-state index in [2.05, 4.69) is 6.92 Å². The zero-order valence-corrected chi connectivity index (χ0v) is 14.0. The van der Waals surface area contributed by atoms with Gasteiger partial charge in [-0.15, -0.1) is 0 Å². The van der Waals surface area contributed by atoms with Crippen LogP contribution in [-0.4, -0.2) is 4.57 Å². The van der Waals surface area contributed by atoms with E-state index in [-0.39, 0.29) is 5.56 Å². The summed E-state index contributed by atoms with van der Waals surface area (Å²) < 4.78 is 1.85. The molecular weight excluding hydrogens is 306 g/mol. The van der Waals surface area contributed by atoms with E-state index in [9.17, 15) is 4.79 Å². The van der Waals surface area contributed by atoms with Crippen LogP contribution >= 0.6 is 11.6 Å². The fourth-order valence-corrected chi connectivity index (χ4v) is 3.25. The topological polar surface area (TPSA) is 22.0 Å². The van der Waals surface area contributed by atoms with E-state index in [4.69, 9.17) is 11.6 Å². The van der Waals surface area contributed by atoms with E-state index in [1.54, 1.807) is 0 Å². The van der Waals surface area contributed by atoms with Gasteiger partial charge in [0.1, 0.15) is 0 Å². The molecule has 0 bridgehead atoms. The van der Waals surface area contributed by atoms with Crippen LogP contribution in [0.15, 0.2) is 59.4 Å². The first kappa shape index (κ1) is 15.8.